The Hall–Kier alpha value is -3.41. The molecule has 0 spiro atoms. The second kappa shape index (κ2) is 8.42. The van der Waals surface area contributed by atoms with Crippen LogP contribution in [0.25, 0.3) is 11.3 Å². The van der Waals surface area contributed by atoms with Gasteiger partial charge in [-0.05, 0) is 45.2 Å². The Bertz CT molecular complexity index is 1210. The van der Waals surface area contributed by atoms with Crippen LogP contribution < -0.4 is 15.5 Å². The number of anilines is 2. The predicted molar refractivity (Wildman–Crippen MR) is 118 cm³/mol. The van der Waals surface area contributed by atoms with Gasteiger partial charge in [0.2, 0.25) is 5.95 Å². The molecule has 1 fully saturated rings. The van der Waals surface area contributed by atoms with Gasteiger partial charge in [0.25, 0.3) is 5.91 Å². The summed E-state index contributed by atoms with van der Waals surface area (Å²) in [7, 11) is 0. The third kappa shape index (κ3) is 3.91. The van der Waals surface area contributed by atoms with E-state index in [2.05, 4.69) is 30.7 Å². The molecular weight excluding hydrogens is 451 g/mol. The van der Waals surface area contributed by atoms with E-state index in [0.717, 1.165) is 25.6 Å². The minimum Gasteiger partial charge on any atom is -0.359 e. The number of alkyl halides is 3. The molecule has 3 N–H and O–H groups in total. The summed E-state index contributed by atoms with van der Waals surface area (Å²) < 4.78 is 46.8. The highest BCUT2D eigenvalue weighted by Crippen LogP contribution is 2.40. The first-order chi connectivity index (χ1) is 16.2. The number of amides is 1. The normalized spacial score (nSPS) is 18.8. The summed E-state index contributed by atoms with van der Waals surface area (Å²) >= 11 is 0. The third-order valence-electron chi connectivity index (χ3n) is 6.28. The van der Waals surface area contributed by atoms with Crippen LogP contribution in [0.3, 0.4) is 0 Å². The Labute approximate surface area is 193 Å². The summed E-state index contributed by atoms with van der Waals surface area (Å²) in [5.41, 5.74) is 0.955. The fourth-order valence-electron chi connectivity index (χ4n) is 4.67. The topological polar surface area (TPSA) is 112 Å². The molecule has 1 atom stereocenters. The molecular formula is C22H24F3N7O2. The number of hydrogen-bond acceptors (Lipinski definition) is 7. The van der Waals surface area contributed by atoms with Crippen molar-refractivity contribution in [2.75, 3.05) is 29.9 Å². The Morgan fingerprint density at radius 3 is 2.79 bits per heavy atom. The molecule has 5 rings (SSSR count). The number of nitrogens with one attached hydrogen (secondary N) is 3. The van der Waals surface area contributed by atoms with Gasteiger partial charge in [-0.15, -0.1) is 0 Å². The number of aromatic nitrogens is 4. The van der Waals surface area contributed by atoms with E-state index in [-0.39, 0.29) is 41.4 Å². The monoisotopic (exact) mass is 475 g/mol. The number of nitrogens with zero attached hydrogens (tertiary/aromatic N) is 4. The molecule has 3 aromatic heterocycles. The van der Waals surface area contributed by atoms with E-state index in [9.17, 15) is 18.0 Å². The van der Waals surface area contributed by atoms with Gasteiger partial charge in [-0.2, -0.15) is 13.2 Å². The Morgan fingerprint density at radius 1 is 1.29 bits per heavy atom. The fourth-order valence-corrected chi connectivity index (χ4v) is 4.67. The van der Waals surface area contributed by atoms with E-state index in [4.69, 9.17) is 4.52 Å². The van der Waals surface area contributed by atoms with Crippen molar-refractivity contribution >= 4 is 17.5 Å². The number of carbonyl (C=O) groups is 1. The molecule has 9 nitrogen and oxygen atoms in total. The van der Waals surface area contributed by atoms with Crippen LogP contribution in [0.5, 0.6) is 0 Å². The lowest BCUT2D eigenvalue weighted by atomic mass is 9.97. The number of H-pyrrole nitrogens is 1. The highest BCUT2D eigenvalue weighted by molar-refractivity contribution is 6.08. The largest absolute Gasteiger partial charge is 0.419 e. The summed E-state index contributed by atoms with van der Waals surface area (Å²) in [5.74, 6) is 0.284. The summed E-state index contributed by atoms with van der Waals surface area (Å²) in [6, 6.07) is 0.0312. The van der Waals surface area contributed by atoms with Gasteiger partial charge in [0.1, 0.15) is 22.6 Å². The van der Waals surface area contributed by atoms with Crippen molar-refractivity contribution in [2.45, 2.75) is 45.3 Å². The molecule has 0 bridgehead atoms. The van der Waals surface area contributed by atoms with Gasteiger partial charge in [0.15, 0.2) is 5.76 Å². The van der Waals surface area contributed by atoms with Crippen LogP contribution in [-0.2, 0) is 12.6 Å². The first-order valence-electron chi connectivity index (χ1n) is 11.1. The van der Waals surface area contributed by atoms with E-state index in [1.54, 1.807) is 13.8 Å². The van der Waals surface area contributed by atoms with Gasteiger partial charge in [0.05, 0.1) is 5.69 Å². The average molecular weight is 475 g/mol. The lowest BCUT2D eigenvalue weighted by Crippen LogP contribution is -2.39. The molecule has 2 aliphatic rings. The van der Waals surface area contributed by atoms with Crippen LogP contribution in [0.4, 0.5) is 24.8 Å². The number of piperidine rings is 1. The fraction of sp³-hybridized carbons (Fsp3) is 0.455. The van der Waals surface area contributed by atoms with Crippen molar-refractivity contribution in [3.8, 4) is 11.3 Å². The predicted octanol–water partition coefficient (Wildman–Crippen LogP) is 3.46. The van der Waals surface area contributed by atoms with Gasteiger partial charge in [-0.3, -0.25) is 4.79 Å². The van der Waals surface area contributed by atoms with Crippen molar-refractivity contribution in [1.29, 1.82) is 0 Å². The molecule has 3 aromatic rings. The van der Waals surface area contributed by atoms with E-state index in [1.807, 2.05) is 0 Å². The average Bonchev–Trinajstić information content (AvgIpc) is 3.38. The second-order valence-corrected chi connectivity index (χ2v) is 8.58. The number of rotatable bonds is 4. The molecule has 180 valence electrons. The minimum absolute atomic E-state index is 0.0312. The highest BCUT2D eigenvalue weighted by Gasteiger charge is 2.38. The lowest BCUT2D eigenvalue weighted by Gasteiger charge is -2.27. The number of carbonyl (C=O) groups excluding carboxylic acids is 1. The van der Waals surface area contributed by atoms with Crippen molar-refractivity contribution in [2.24, 2.45) is 0 Å². The molecule has 0 aliphatic carbocycles. The maximum Gasteiger partial charge on any atom is 0.419 e. The molecule has 0 aromatic carbocycles. The van der Waals surface area contributed by atoms with E-state index in [1.165, 1.54) is 11.1 Å². The summed E-state index contributed by atoms with van der Waals surface area (Å²) in [4.78, 5) is 25.8. The van der Waals surface area contributed by atoms with Gasteiger partial charge < -0.3 is 25.0 Å². The molecule has 0 saturated carbocycles. The molecule has 12 heteroatoms. The number of halogens is 3. The quantitative estimate of drug-likeness (QED) is 0.530. The highest BCUT2D eigenvalue weighted by atomic mass is 19.4. The maximum absolute atomic E-state index is 13.9. The van der Waals surface area contributed by atoms with Gasteiger partial charge >= 0.3 is 6.18 Å². The van der Waals surface area contributed by atoms with E-state index < -0.39 is 11.7 Å². The molecule has 1 saturated heterocycles. The maximum atomic E-state index is 13.9. The first kappa shape index (κ1) is 22.4. The standard InChI is InChI=1S/C22H24F3N7O2/c1-11-19(12(2)34-31-11)32-7-5-14-15(9-27-18(14)20(32)33)17-16(22(23,24)25)10-28-21(30-17)29-13-4-3-6-26-8-13/h9-10,13,26-27H,3-8H2,1-2H3,(H,28,29,30). The van der Waals surface area contributed by atoms with Crippen molar-refractivity contribution in [1.82, 2.24) is 25.4 Å². The number of fused-ring (bicyclic) bond motifs is 1. The first-order valence-corrected chi connectivity index (χ1v) is 11.1. The third-order valence-corrected chi connectivity index (χ3v) is 6.28. The van der Waals surface area contributed by atoms with Crippen LogP contribution in [0.2, 0.25) is 0 Å². The van der Waals surface area contributed by atoms with Crippen LogP contribution >= 0.6 is 0 Å². The summed E-state index contributed by atoms with van der Waals surface area (Å²) in [6.07, 6.45) is -0.241. The smallest absolute Gasteiger partial charge is 0.359 e. The van der Waals surface area contributed by atoms with E-state index >= 15 is 0 Å². The zero-order valence-corrected chi connectivity index (χ0v) is 18.7. The Morgan fingerprint density at radius 2 is 2.12 bits per heavy atom. The van der Waals surface area contributed by atoms with Gasteiger partial charge in [-0.25, -0.2) is 9.97 Å². The number of hydrogen-bond donors (Lipinski definition) is 3. The molecule has 1 unspecified atom stereocenters. The second-order valence-electron chi connectivity index (χ2n) is 8.58. The van der Waals surface area contributed by atoms with Crippen LogP contribution in [0, 0.1) is 13.8 Å². The van der Waals surface area contributed by atoms with Gasteiger partial charge in [0, 0.05) is 37.1 Å². The SMILES string of the molecule is Cc1noc(C)c1N1CCc2c(-c3nc(NC4CCCNC4)ncc3C(F)(F)F)c[nH]c2C1=O. The number of aromatic amines is 1. The minimum atomic E-state index is -4.65. The van der Waals surface area contributed by atoms with Crippen molar-refractivity contribution < 1.29 is 22.5 Å². The zero-order chi connectivity index (χ0) is 24.0. The molecule has 1 amide bonds. The summed E-state index contributed by atoms with van der Waals surface area (Å²) in [6.45, 7) is 5.33. The summed E-state index contributed by atoms with van der Waals surface area (Å²) in [5, 5.41) is 10.3. The molecule has 34 heavy (non-hydrogen) atoms. The van der Waals surface area contributed by atoms with Crippen molar-refractivity contribution in [3.63, 3.8) is 0 Å². The molecule has 0 radical (unpaired) electrons. The van der Waals surface area contributed by atoms with Crippen LogP contribution in [-0.4, -0.2) is 51.7 Å². The van der Waals surface area contributed by atoms with Crippen LogP contribution in [0.15, 0.2) is 16.9 Å². The number of aryl methyl sites for hydroxylation is 2. The Kier molecular flexibility index (Phi) is 5.54. The van der Waals surface area contributed by atoms with E-state index in [0.29, 0.717) is 35.7 Å². The molecule has 2 aliphatic heterocycles. The lowest BCUT2D eigenvalue weighted by molar-refractivity contribution is -0.137. The Balaban J connectivity index is 1.52. The zero-order valence-electron chi connectivity index (χ0n) is 18.7. The molecule has 5 heterocycles. The van der Waals surface area contributed by atoms with Crippen LogP contribution in [0.1, 0.15) is 45.9 Å². The van der Waals surface area contributed by atoms with Gasteiger partial charge in [-0.1, -0.05) is 5.16 Å². The van der Waals surface area contributed by atoms with Crippen molar-refractivity contribution in [3.05, 3.63) is 40.7 Å².